The number of hydrogen-bond acceptors (Lipinski definition) is 4. The Bertz CT molecular complexity index is 652. The van der Waals surface area contributed by atoms with Gasteiger partial charge in [-0.1, -0.05) is 17.7 Å². The van der Waals surface area contributed by atoms with Gasteiger partial charge in [-0.25, -0.2) is 8.42 Å². The SMILES string of the molecule is Cc1ccc(S(=O)(=O)N[C@@H](CCCCN=C(N)N)C(=O)O)cc1. The predicted molar refractivity (Wildman–Crippen MR) is 87.5 cm³/mol. The molecule has 0 spiro atoms. The van der Waals surface area contributed by atoms with Crippen molar-refractivity contribution in [2.45, 2.75) is 37.1 Å². The van der Waals surface area contributed by atoms with E-state index in [1.165, 1.54) is 12.1 Å². The lowest BCUT2D eigenvalue weighted by Crippen LogP contribution is -2.40. The van der Waals surface area contributed by atoms with Crippen LogP contribution in [0.1, 0.15) is 24.8 Å². The Morgan fingerprint density at radius 1 is 1.26 bits per heavy atom. The standard InChI is InChI=1S/C14H22N4O4S/c1-10-5-7-11(8-6-10)23(21,22)18-12(13(19)20)4-2-3-9-17-14(15)16/h5-8,12,18H,2-4,9H2,1H3,(H,19,20)(H4,15,16,17)/t12-/m0/s1. The van der Waals surface area contributed by atoms with Crippen LogP contribution in [0.2, 0.25) is 0 Å². The monoisotopic (exact) mass is 342 g/mol. The van der Waals surface area contributed by atoms with Crippen LogP contribution < -0.4 is 16.2 Å². The number of aliphatic carboxylic acids is 1. The van der Waals surface area contributed by atoms with Gasteiger partial charge in [-0.3, -0.25) is 9.79 Å². The van der Waals surface area contributed by atoms with Crippen LogP contribution in [-0.4, -0.2) is 38.0 Å². The van der Waals surface area contributed by atoms with Gasteiger partial charge in [-0.15, -0.1) is 0 Å². The molecule has 0 saturated heterocycles. The van der Waals surface area contributed by atoms with Crippen LogP contribution in [0.4, 0.5) is 0 Å². The molecule has 0 aliphatic rings. The van der Waals surface area contributed by atoms with Crippen molar-refractivity contribution in [1.82, 2.24) is 4.72 Å². The molecule has 6 N–H and O–H groups in total. The molecule has 0 unspecified atom stereocenters. The molecule has 128 valence electrons. The highest BCUT2D eigenvalue weighted by Crippen LogP contribution is 2.12. The molecule has 0 fully saturated rings. The van der Waals surface area contributed by atoms with E-state index in [9.17, 15) is 18.3 Å². The molecule has 23 heavy (non-hydrogen) atoms. The first-order valence-electron chi connectivity index (χ1n) is 7.09. The maximum atomic E-state index is 12.2. The van der Waals surface area contributed by atoms with Crippen LogP contribution in [0.5, 0.6) is 0 Å². The number of unbranched alkanes of at least 4 members (excludes halogenated alkanes) is 1. The van der Waals surface area contributed by atoms with E-state index in [1.807, 2.05) is 6.92 Å². The summed E-state index contributed by atoms with van der Waals surface area (Å²) in [7, 11) is -3.88. The highest BCUT2D eigenvalue weighted by molar-refractivity contribution is 7.89. The smallest absolute Gasteiger partial charge is 0.321 e. The molecule has 0 bridgehead atoms. The molecule has 1 aromatic carbocycles. The largest absolute Gasteiger partial charge is 0.480 e. The van der Waals surface area contributed by atoms with Crippen LogP contribution in [0.25, 0.3) is 0 Å². The van der Waals surface area contributed by atoms with E-state index in [2.05, 4.69) is 9.71 Å². The Hall–Kier alpha value is -2.13. The number of hydrogen-bond donors (Lipinski definition) is 4. The normalized spacial score (nSPS) is 12.6. The lowest BCUT2D eigenvalue weighted by molar-refractivity contribution is -0.139. The highest BCUT2D eigenvalue weighted by Gasteiger charge is 2.24. The third-order valence-corrected chi connectivity index (χ3v) is 4.61. The summed E-state index contributed by atoms with van der Waals surface area (Å²) in [4.78, 5) is 15.1. The van der Waals surface area contributed by atoms with Gasteiger partial charge in [-0.05, 0) is 38.3 Å². The van der Waals surface area contributed by atoms with E-state index < -0.39 is 22.0 Å². The fourth-order valence-electron chi connectivity index (χ4n) is 1.87. The van der Waals surface area contributed by atoms with Crippen LogP contribution in [0, 0.1) is 6.92 Å². The zero-order valence-corrected chi connectivity index (χ0v) is 13.7. The van der Waals surface area contributed by atoms with Crippen molar-refractivity contribution in [2.24, 2.45) is 16.5 Å². The Morgan fingerprint density at radius 2 is 1.87 bits per heavy atom. The zero-order chi connectivity index (χ0) is 17.5. The fourth-order valence-corrected chi connectivity index (χ4v) is 3.10. The molecule has 0 aliphatic carbocycles. The number of carboxylic acid groups (broad SMARTS) is 1. The summed E-state index contributed by atoms with van der Waals surface area (Å²) in [6.45, 7) is 2.21. The van der Waals surface area contributed by atoms with Crippen molar-refractivity contribution in [2.75, 3.05) is 6.54 Å². The van der Waals surface area contributed by atoms with Gasteiger partial charge in [0.05, 0.1) is 4.90 Å². The van der Waals surface area contributed by atoms with Crippen molar-refractivity contribution in [3.8, 4) is 0 Å². The molecule has 8 nitrogen and oxygen atoms in total. The quantitative estimate of drug-likeness (QED) is 0.286. The highest BCUT2D eigenvalue weighted by atomic mass is 32.2. The van der Waals surface area contributed by atoms with E-state index in [1.54, 1.807) is 12.1 Å². The number of guanidine groups is 1. The number of benzene rings is 1. The minimum absolute atomic E-state index is 0.0279. The second-order valence-electron chi connectivity index (χ2n) is 5.13. The first kappa shape index (κ1) is 18.9. The molecule has 9 heteroatoms. The minimum Gasteiger partial charge on any atom is -0.480 e. The van der Waals surface area contributed by atoms with E-state index >= 15 is 0 Å². The van der Waals surface area contributed by atoms with E-state index in [4.69, 9.17) is 11.5 Å². The number of nitrogens with one attached hydrogen (secondary N) is 1. The van der Waals surface area contributed by atoms with Gasteiger partial charge in [0.1, 0.15) is 6.04 Å². The van der Waals surface area contributed by atoms with Crippen LogP contribution in [0.3, 0.4) is 0 Å². The van der Waals surface area contributed by atoms with E-state index in [0.29, 0.717) is 19.4 Å². The molecular weight excluding hydrogens is 320 g/mol. The third-order valence-electron chi connectivity index (χ3n) is 3.12. The molecular formula is C14H22N4O4S. The lowest BCUT2D eigenvalue weighted by atomic mass is 10.1. The lowest BCUT2D eigenvalue weighted by Gasteiger charge is -2.14. The predicted octanol–water partition coefficient (Wildman–Crippen LogP) is 0.170. The van der Waals surface area contributed by atoms with Gasteiger partial charge in [-0.2, -0.15) is 4.72 Å². The van der Waals surface area contributed by atoms with Gasteiger partial charge in [0.2, 0.25) is 10.0 Å². The Labute approximate surface area is 135 Å². The van der Waals surface area contributed by atoms with Gasteiger partial charge < -0.3 is 16.6 Å². The van der Waals surface area contributed by atoms with Crippen molar-refractivity contribution in [3.63, 3.8) is 0 Å². The maximum absolute atomic E-state index is 12.2. The summed E-state index contributed by atoms with van der Waals surface area (Å²) >= 11 is 0. The van der Waals surface area contributed by atoms with Crippen molar-refractivity contribution in [3.05, 3.63) is 29.8 Å². The minimum atomic E-state index is -3.88. The number of rotatable bonds is 9. The number of nitrogens with two attached hydrogens (primary N) is 2. The summed E-state index contributed by atoms with van der Waals surface area (Å²) in [6.07, 6.45) is 1.19. The van der Waals surface area contributed by atoms with Gasteiger partial charge >= 0.3 is 5.97 Å². The average Bonchev–Trinajstić information content (AvgIpc) is 2.45. The average molecular weight is 342 g/mol. The molecule has 0 amide bonds. The second-order valence-corrected chi connectivity index (χ2v) is 6.84. The molecule has 0 heterocycles. The Balaban J connectivity index is 2.66. The Morgan fingerprint density at radius 3 is 2.39 bits per heavy atom. The zero-order valence-electron chi connectivity index (χ0n) is 12.9. The summed E-state index contributed by atoms with van der Waals surface area (Å²) in [5.74, 6) is -1.25. The summed E-state index contributed by atoms with van der Waals surface area (Å²) < 4.78 is 26.6. The molecule has 0 aliphatic heterocycles. The van der Waals surface area contributed by atoms with Crippen molar-refractivity contribution >= 4 is 22.0 Å². The number of carboxylic acids is 1. The number of aliphatic imine (C=N–C) groups is 1. The van der Waals surface area contributed by atoms with Crippen LogP contribution in [0.15, 0.2) is 34.2 Å². The first-order chi connectivity index (χ1) is 10.7. The summed E-state index contributed by atoms with van der Waals surface area (Å²) in [5, 5.41) is 9.18. The first-order valence-corrected chi connectivity index (χ1v) is 8.58. The van der Waals surface area contributed by atoms with Gasteiger partial charge in [0.25, 0.3) is 0 Å². The molecule has 1 atom stereocenters. The van der Waals surface area contributed by atoms with E-state index in [-0.39, 0.29) is 17.3 Å². The number of sulfonamides is 1. The number of aryl methyl sites for hydroxylation is 1. The third kappa shape index (κ3) is 6.66. The van der Waals surface area contributed by atoms with Crippen LogP contribution >= 0.6 is 0 Å². The van der Waals surface area contributed by atoms with Crippen molar-refractivity contribution in [1.29, 1.82) is 0 Å². The number of carbonyl (C=O) groups is 1. The van der Waals surface area contributed by atoms with Gasteiger partial charge in [0.15, 0.2) is 5.96 Å². The van der Waals surface area contributed by atoms with Crippen LogP contribution in [-0.2, 0) is 14.8 Å². The van der Waals surface area contributed by atoms with Gasteiger partial charge in [0, 0.05) is 6.54 Å². The molecule has 1 rings (SSSR count). The molecule has 0 saturated carbocycles. The molecule has 1 aromatic rings. The van der Waals surface area contributed by atoms with Crippen molar-refractivity contribution < 1.29 is 18.3 Å². The molecule has 0 aromatic heterocycles. The number of nitrogens with zero attached hydrogens (tertiary/aromatic N) is 1. The fraction of sp³-hybridized carbons (Fsp3) is 0.429. The second kappa shape index (κ2) is 8.49. The van der Waals surface area contributed by atoms with E-state index in [0.717, 1.165) is 5.56 Å². The summed E-state index contributed by atoms with van der Waals surface area (Å²) in [6, 6.07) is 4.99. The Kier molecular flexibility index (Phi) is 6.98. The maximum Gasteiger partial charge on any atom is 0.321 e. The topological polar surface area (TPSA) is 148 Å². The summed E-state index contributed by atoms with van der Waals surface area (Å²) in [5.41, 5.74) is 11.3. The molecule has 0 radical (unpaired) electrons.